The number of aliphatic hydroxyl groups is 1. The third kappa shape index (κ3) is 4.18. The number of aliphatic hydroxyl groups excluding tert-OH is 1. The molecule has 1 saturated heterocycles. The molecular weight excluding hydrogens is 452 g/mol. The molecule has 0 amide bonds. The molecule has 1 aromatic carbocycles. The van der Waals surface area contributed by atoms with Crippen LogP contribution in [0.4, 0.5) is 5.82 Å². The molecule has 0 saturated carbocycles. The Hall–Kier alpha value is -2.68. The van der Waals surface area contributed by atoms with Crippen molar-refractivity contribution in [3.8, 4) is 0 Å². The van der Waals surface area contributed by atoms with Gasteiger partial charge in [0.25, 0.3) is 0 Å². The van der Waals surface area contributed by atoms with Crippen molar-refractivity contribution in [1.82, 2.24) is 19.5 Å². The lowest BCUT2D eigenvalue weighted by Gasteiger charge is -2.20. The number of ether oxygens (including phenoxy) is 2. The molecule has 2 aromatic heterocycles. The van der Waals surface area contributed by atoms with E-state index in [0.717, 1.165) is 12.8 Å². The Kier molecular flexibility index (Phi) is 5.76. The van der Waals surface area contributed by atoms with Crippen molar-refractivity contribution in [3.05, 3.63) is 48.0 Å². The highest BCUT2D eigenvalue weighted by molar-refractivity contribution is 7.84. The molecule has 4 N–H and O–H groups in total. The molecule has 1 unspecified atom stereocenters. The molecule has 13 heteroatoms. The van der Waals surface area contributed by atoms with Gasteiger partial charge in [0.15, 0.2) is 23.2 Å². The lowest BCUT2D eigenvalue weighted by Crippen LogP contribution is -2.36. The SMILES string of the molecule is COC1[C@H](n2cnc3c(N[C@H]4CCc5ccccc54)ncnc32)O[C@H](COS(N)(=O)=O)[C@H]1O. The van der Waals surface area contributed by atoms with Gasteiger partial charge in [0, 0.05) is 7.11 Å². The van der Waals surface area contributed by atoms with E-state index < -0.39 is 41.5 Å². The van der Waals surface area contributed by atoms with E-state index in [1.165, 1.54) is 30.9 Å². The average molecular weight is 477 g/mol. The normalized spacial score (nSPS) is 27.2. The number of hydrogen-bond acceptors (Lipinski definition) is 10. The van der Waals surface area contributed by atoms with Gasteiger partial charge in [-0.3, -0.25) is 8.75 Å². The maximum Gasteiger partial charge on any atom is 0.333 e. The average Bonchev–Trinajstić information content (AvgIpc) is 3.48. The molecule has 3 aromatic rings. The highest BCUT2D eigenvalue weighted by Gasteiger charge is 2.46. The first kappa shape index (κ1) is 22.1. The van der Waals surface area contributed by atoms with Crippen LogP contribution in [0.2, 0.25) is 0 Å². The standard InChI is InChI=1S/C20H24N6O6S/c1-30-17-16(27)14(8-31-33(21,28)29)32-20(17)26-10-24-15-18(22-9-23-19(15)26)25-13-7-6-11-4-2-3-5-12(11)13/h2-5,9-10,13-14,16-17,20,27H,6-8H2,1H3,(H2,21,28,29)(H,22,23,25)/t13-,14+,16+,17?,20+/m0/s1. The van der Waals surface area contributed by atoms with E-state index >= 15 is 0 Å². The molecule has 12 nitrogen and oxygen atoms in total. The summed E-state index contributed by atoms with van der Waals surface area (Å²) < 4.78 is 39.8. The zero-order valence-corrected chi connectivity index (χ0v) is 18.6. The molecule has 33 heavy (non-hydrogen) atoms. The van der Waals surface area contributed by atoms with Crippen molar-refractivity contribution in [3.63, 3.8) is 0 Å². The van der Waals surface area contributed by atoms with Crippen LogP contribution in [0.15, 0.2) is 36.9 Å². The van der Waals surface area contributed by atoms with Gasteiger partial charge in [0.2, 0.25) is 0 Å². The fourth-order valence-electron chi connectivity index (χ4n) is 4.51. The Labute approximate surface area is 190 Å². The Morgan fingerprint density at radius 3 is 2.91 bits per heavy atom. The minimum atomic E-state index is -4.18. The Bertz CT molecular complexity index is 1270. The molecule has 0 bridgehead atoms. The number of imidazole rings is 1. The maximum absolute atomic E-state index is 11.1. The number of methoxy groups -OCH3 is 1. The molecule has 0 radical (unpaired) electrons. The van der Waals surface area contributed by atoms with E-state index in [1.54, 1.807) is 4.57 Å². The first-order chi connectivity index (χ1) is 15.9. The lowest BCUT2D eigenvalue weighted by atomic mass is 10.1. The van der Waals surface area contributed by atoms with Gasteiger partial charge in [-0.25, -0.2) is 20.1 Å². The number of aromatic nitrogens is 4. The van der Waals surface area contributed by atoms with Gasteiger partial charge in [-0.05, 0) is 24.0 Å². The van der Waals surface area contributed by atoms with Crippen LogP contribution < -0.4 is 10.5 Å². The van der Waals surface area contributed by atoms with E-state index in [4.69, 9.17) is 14.6 Å². The zero-order valence-electron chi connectivity index (χ0n) is 17.7. The molecule has 1 aliphatic heterocycles. The summed E-state index contributed by atoms with van der Waals surface area (Å²) in [5, 5.41) is 18.9. The molecule has 5 rings (SSSR count). The van der Waals surface area contributed by atoms with E-state index in [-0.39, 0.29) is 6.04 Å². The quantitative estimate of drug-likeness (QED) is 0.435. The second kappa shape index (κ2) is 8.59. The lowest BCUT2D eigenvalue weighted by molar-refractivity contribution is -0.0556. The highest BCUT2D eigenvalue weighted by atomic mass is 32.2. The first-order valence-electron chi connectivity index (χ1n) is 10.4. The maximum atomic E-state index is 11.1. The number of fused-ring (bicyclic) bond motifs is 2. The van der Waals surface area contributed by atoms with Crippen molar-refractivity contribution >= 4 is 27.3 Å². The van der Waals surface area contributed by atoms with E-state index in [9.17, 15) is 13.5 Å². The van der Waals surface area contributed by atoms with Gasteiger partial charge in [-0.15, -0.1) is 0 Å². The summed E-state index contributed by atoms with van der Waals surface area (Å²) in [5.41, 5.74) is 3.57. The summed E-state index contributed by atoms with van der Waals surface area (Å²) in [6.07, 6.45) is 1.11. The Morgan fingerprint density at radius 2 is 2.12 bits per heavy atom. The van der Waals surface area contributed by atoms with E-state index in [0.29, 0.717) is 17.0 Å². The zero-order chi connectivity index (χ0) is 23.2. The fourth-order valence-corrected chi connectivity index (χ4v) is 4.84. The second-order valence-corrected chi connectivity index (χ2v) is 9.24. The molecule has 2 aliphatic rings. The van der Waals surface area contributed by atoms with Crippen molar-refractivity contribution < 1.29 is 27.2 Å². The van der Waals surface area contributed by atoms with Crippen LogP contribution in [0.5, 0.6) is 0 Å². The first-order valence-corrected chi connectivity index (χ1v) is 11.9. The fraction of sp³-hybridized carbons (Fsp3) is 0.450. The number of aryl methyl sites for hydroxylation is 1. The Balaban J connectivity index is 1.42. The van der Waals surface area contributed by atoms with Gasteiger partial charge < -0.3 is 19.9 Å². The third-order valence-corrected chi connectivity index (χ3v) is 6.52. The van der Waals surface area contributed by atoms with Crippen molar-refractivity contribution in [1.29, 1.82) is 0 Å². The van der Waals surface area contributed by atoms with E-state index in [1.807, 2.05) is 12.1 Å². The summed E-state index contributed by atoms with van der Waals surface area (Å²) in [7, 11) is -2.76. The molecular formula is C20H24N6O6S. The summed E-state index contributed by atoms with van der Waals surface area (Å²) in [4.78, 5) is 13.2. The van der Waals surface area contributed by atoms with Gasteiger partial charge in [0.05, 0.1) is 19.0 Å². The van der Waals surface area contributed by atoms with Crippen molar-refractivity contribution in [2.45, 2.75) is 43.4 Å². The van der Waals surface area contributed by atoms with Gasteiger partial charge >= 0.3 is 10.3 Å². The minimum Gasteiger partial charge on any atom is -0.387 e. The highest BCUT2D eigenvalue weighted by Crippen LogP contribution is 2.36. The topological polar surface area (TPSA) is 164 Å². The number of nitrogens with two attached hydrogens (primary N) is 1. The summed E-state index contributed by atoms with van der Waals surface area (Å²) in [6, 6.07) is 8.41. The van der Waals surface area contributed by atoms with Crippen LogP contribution >= 0.6 is 0 Å². The number of rotatable bonds is 7. The number of benzene rings is 1. The van der Waals surface area contributed by atoms with Crippen LogP contribution in [0, 0.1) is 0 Å². The molecule has 5 atom stereocenters. The molecule has 176 valence electrons. The smallest absolute Gasteiger partial charge is 0.333 e. The molecule has 0 spiro atoms. The van der Waals surface area contributed by atoms with Gasteiger partial charge in [0.1, 0.15) is 24.6 Å². The largest absolute Gasteiger partial charge is 0.387 e. The predicted octanol–water partition coefficient (Wildman–Crippen LogP) is 0.419. The van der Waals surface area contributed by atoms with Gasteiger partial charge in [-0.1, -0.05) is 24.3 Å². The predicted molar refractivity (Wildman–Crippen MR) is 116 cm³/mol. The number of nitrogens with zero attached hydrogens (tertiary/aromatic N) is 4. The number of hydrogen-bond donors (Lipinski definition) is 3. The number of anilines is 1. The van der Waals surface area contributed by atoms with Crippen LogP contribution in [0.1, 0.15) is 29.8 Å². The summed E-state index contributed by atoms with van der Waals surface area (Å²) in [5.74, 6) is 0.585. The second-order valence-electron chi connectivity index (χ2n) is 8.01. The summed E-state index contributed by atoms with van der Waals surface area (Å²) >= 11 is 0. The molecule has 1 fully saturated rings. The monoisotopic (exact) mass is 476 g/mol. The molecule has 1 aliphatic carbocycles. The van der Waals surface area contributed by atoms with Crippen LogP contribution in [-0.4, -0.2) is 65.1 Å². The van der Waals surface area contributed by atoms with Crippen LogP contribution in [0.25, 0.3) is 11.2 Å². The van der Waals surface area contributed by atoms with Crippen LogP contribution in [0.3, 0.4) is 0 Å². The van der Waals surface area contributed by atoms with Crippen molar-refractivity contribution in [2.75, 3.05) is 19.0 Å². The molecule has 3 heterocycles. The number of nitrogens with one attached hydrogen (secondary N) is 1. The van der Waals surface area contributed by atoms with Gasteiger partial charge in [-0.2, -0.15) is 8.42 Å². The van der Waals surface area contributed by atoms with Crippen molar-refractivity contribution in [2.24, 2.45) is 5.14 Å². The minimum absolute atomic E-state index is 0.112. The van der Waals surface area contributed by atoms with Crippen LogP contribution in [-0.2, 0) is 30.4 Å². The summed E-state index contributed by atoms with van der Waals surface area (Å²) in [6.45, 7) is -0.453. The Morgan fingerprint density at radius 1 is 1.30 bits per heavy atom. The third-order valence-electron chi connectivity index (χ3n) is 6.06. The van der Waals surface area contributed by atoms with E-state index in [2.05, 4.69) is 36.6 Å².